The van der Waals surface area contributed by atoms with Gasteiger partial charge in [0.2, 0.25) is 0 Å². The van der Waals surface area contributed by atoms with Crippen molar-refractivity contribution in [1.29, 1.82) is 0 Å². The summed E-state index contributed by atoms with van der Waals surface area (Å²) in [5, 5.41) is 0.932. The predicted molar refractivity (Wildman–Crippen MR) is 106 cm³/mol. The fraction of sp³-hybridized carbons (Fsp3) is 0.300. The first-order chi connectivity index (χ1) is 12.5. The average molecular weight is 372 g/mol. The van der Waals surface area contributed by atoms with Crippen LogP contribution in [0.5, 0.6) is 0 Å². The summed E-state index contributed by atoms with van der Waals surface area (Å²) in [6, 6.07) is 16.0. The first-order valence-electron chi connectivity index (χ1n) is 8.89. The van der Waals surface area contributed by atoms with Gasteiger partial charge in [-0.05, 0) is 49.6 Å². The van der Waals surface area contributed by atoms with Crippen LogP contribution in [-0.2, 0) is 16.4 Å². The van der Waals surface area contributed by atoms with Crippen LogP contribution < -0.4 is 11.5 Å². The Hall–Kier alpha value is -2.15. The van der Waals surface area contributed by atoms with E-state index in [2.05, 4.69) is 0 Å². The second-order valence-corrected chi connectivity index (χ2v) is 8.35. The third kappa shape index (κ3) is 3.82. The summed E-state index contributed by atoms with van der Waals surface area (Å²) in [6.07, 6.45) is 5.18. The van der Waals surface area contributed by atoms with Gasteiger partial charge in [0.05, 0.1) is 10.4 Å². The second-order valence-electron chi connectivity index (χ2n) is 6.53. The Morgan fingerprint density at radius 3 is 2.38 bits per heavy atom. The number of nitrogens with two attached hydrogens (primary N) is 2. The van der Waals surface area contributed by atoms with Crippen molar-refractivity contribution in [2.45, 2.75) is 36.6 Å². The number of rotatable bonds is 8. The molecule has 5 nitrogen and oxygen atoms in total. The molecule has 0 bridgehead atoms. The van der Waals surface area contributed by atoms with Crippen LogP contribution in [0.3, 0.4) is 0 Å². The van der Waals surface area contributed by atoms with Crippen LogP contribution in [0.2, 0.25) is 0 Å². The molecule has 0 radical (unpaired) electrons. The summed E-state index contributed by atoms with van der Waals surface area (Å²) >= 11 is 0. The standard InChI is InChI=1S/C20H25N3O2S/c21-13-7-6-8-17(22)14-16-15-23(20-12-5-4-11-19(16)20)26(24,25)18-9-2-1-3-10-18/h1-5,9-12,15,17H,6-8,13-14,21-22H2. The lowest BCUT2D eigenvalue weighted by molar-refractivity contribution is 0.565. The molecule has 4 N–H and O–H groups in total. The van der Waals surface area contributed by atoms with Gasteiger partial charge in [0.1, 0.15) is 0 Å². The molecule has 1 unspecified atom stereocenters. The normalized spacial score (nSPS) is 13.2. The molecule has 1 heterocycles. The Morgan fingerprint density at radius 2 is 1.65 bits per heavy atom. The molecule has 0 aliphatic carbocycles. The summed E-state index contributed by atoms with van der Waals surface area (Å²) in [7, 11) is -3.64. The Kier molecular flexibility index (Phi) is 5.76. The molecule has 1 aromatic heterocycles. The van der Waals surface area contributed by atoms with Crippen molar-refractivity contribution in [3.8, 4) is 0 Å². The molecule has 0 saturated carbocycles. The SMILES string of the molecule is NCCCCC(N)Cc1cn(S(=O)(=O)c2ccccc2)c2ccccc12. The van der Waals surface area contributed by atoms with Crippen LogP contribution in [0.4, 0.5) is 0 Å². The van der Waals surface area contributed by atoms with Gasteiger partial charge in [0, 0.05) is 17.6 Å². The van der Waals surface area contributed by atoms with Gasteiger partial charge in [-0.1, -0.05) is 42.8 Å². The molecule has 0 saturated heterocycles. The number of hydrogen-bond acceptors (Lipinski definition) is 4. The Labute approximate surface area is 154 Å². The van der Waals surface area contributed by atoms with Gasteiger partial charge in [0.15, 0.2) is 0 Å². The van der Waals surface area contributed by atoms with Crippen molar-refractivity contribution in [3.05, 3.63) is 66.4 Å². The highest BCUT2D eigenvalue weighted by Crippen LogP contribution is 2.27. The molecule has 3 rings (SSSR count). The van der Waals surface area contributed by atoms with Gasteiger partial charge in [0.25, 0.3) is 10.0 Å². The van der Waals surface area contributed by atoms with Crippen LogP contribution in [0.15, 0.2) is 65.7 Å². The molecule has 2 aromatic carbocycles. The zero-order chi connectivity index (χ0) is 18.6. The molecular formula is C20H25N3O2S. The monoisotopic (exact) mass is 371 g/mol. The van der Waals surface area contributed by atoms with E-state index in [0.29, 0.717) is 18.5 Å². The minimum absolute atomic E-state index is 0.0137. The van der Waals surface area contributed by atoms with Gasteiger partial charge in [-0.25, -0.2) is 12.4 Å². The quantitative estimate of drug-likeness (QED) is 0.596. The van der Waals surface area contributed by atoms with E-state index in [9.17, 15) is 8.42 Å². The third-order valence-corrected chi connectivity index (χ3v) is 6.26. The highest BCUT2D eigenvalue weighted by molar-refractivity contribution is 7.90. The maximum absolute atomic E-state index is 13.1. The number of para-hydroxylation sites is 1. The van der Waals surface area contributed by atoms with E-state index >= 15 is 0 Å². The van der Waals surface area contributed by atoms with Crippen molar-refractivity contribution in [3.63, 3.8) is 0 Å². The molecule has 1 atom stereocenters. The molecule has 0 aliphatic rings. The van der Waals surface area contributed by atoms with Crippen LogP contribution in [0, 0.1) is 0 Å². The van der Waals surface area contributed by atoms with Crippen molar-refractivity contribution in [1.82, 2.24) is 3.97 Å². The van der Waals surface area contributed by atoms with Gasteiger partial charge in [-0.15, -0.1) is 0 Å². The lowest BCUT2D eigenvalue weighted by atomic mass is 10.0. The summed E-state index contributed by atoms with van der Waals surface area (Å²) in [4.78, 5) is 0.277. The van der Waals surface area contributed by atoms with E-state index in [1.54, 1.807) is 36.5 Å². The highest BCUT2D eigenvalue weighted by Gasteiger charge is 2.21. The van der Waals surface area contributed by atoms with Crippen LogP contribution in [-0.4, -0.2) is 25.0 Å². The van der Waals surface area contributed by atoms with Crippen LogP contribution in [0.25, 0.3) is 10.9 Å². The molecule has 26 heavy (non-hydrogen) atoms. The molecule has 0 amide bonds. The maximum atomic E-state index is 13.1. The first-order valence-corrected chi connectivity index (χ1v) is 10.3. The molecule has 3 aromatic rings. The summed E-state index contributed by atoms with van der Waals surface area (Å²) in [6.45, 7) is 0.668. The fourth-order valence-corrected chi connectivity index (χ4v) is 4.63. The topological polar surface area (TPSA) is 91.1 Å². The van der Waals surface area contributed by atoms with Crippen molar-refractivity contribution < 1.29 is 8.42 Å². The minimum atomic E-state index is -3.64. The zero-order valence-corrected chi connectivity index (χ0v) is 15.5. The van der Waals surface area contributed by atoms with Gasteiger partial charge in [-0.2, -0.15) is 0 Å². The Bertz CT molecular complexity index is 965. The van der Waals surface area contributed by atoms with Gasteiger partial charge in [-0.3, -0.25) is 0 Å². The van der Waals surface area contributed by atoms with E-state index < -0.39 is 10.0 Å². The second kappa shape index (κ2) is 8.03. The summed E-state index contributed by atoms with van der Waals surface area (Å²) in [5.74, 6) is 0. The van der Waals surface area contributed by atoms with E-state index in [0.717, 1.165) is 30.2 Å². The number of aromatic nitrogens is 1. The number of unbranched alkanes of at least 4 members (excludes halogenated alkanes) is 1. The van der Waals surface area contributed by atoms with Crippen LogP contribution in [0.1, 0.15) is 24.8 Å². The molecule has 0 spiro atoms. The number of fused-ring (bicyclic) bond motifs is 1. The van der Waals surface area contributed by atoms with Gasteiger partial charge < -0.3 is 11.5 Å². The molecule has 0 fully saturated rings. The Balaban J connectivity index is 1.98. The first kappa shape index (κ1) is 18.6. The predicted octanol–water partition coefficient (Wildman–Crippen LogP) is 2.88. The van der Waals surface area contributed by atoms with Gasteiger partial charge >= 0.3 is 0 Å². The van der Waals surface area contributed by atoms with E-state index in [4.69, 9.17) is 11.5 Å². The third-order valence-electron chi connectivity index (χ3n) is 4.57. The minimum Gasteiger partial charge on any atom is -0.330 e. The number of benzene rings is 2. The van der Waals surface area contributed by atoms with Crippen molar-refractivity contribution >= 4 is 20.9 Å². The largest absolute Gasteiger partial charge is 0.330 e. The summed E-state index contributed by atoms with van der Waals surface area (Å²) < 4.78 is 27.5. The number of nitrogens with zero attached hydrogens (tertiary/aromatic N) is 1. The maximum Gasteiger partial charge on any atom is 0.268 e. The highest BCUT2D eigenvalue weighted by atomic mass is 32.2. The molecule has 0 aliphatic heterocycles. The average Bonchev–Trinajstić information content (AvgIpc) is 3.02. The molecule has 6 heteroatoms. The van der Waals surface area contributed by atoms with E-state index in [-0.39, 0.29) is 10.9 Å². The Morgan fingerprint density at radius 1 is 0.962 bits per heavy atom. The molecular weight excluding hydrogens is 346 g/mol. The van der Waals surface area contributed by atoms with Crippen molar-refractivity contribution in [2.75, 3.05) is 6.54 Å². The number of hydrogen-bond donors (Lipinski definition) is 2. The van der Waals surface area contributed by atoms with E-state index in [1.165, 1.54) is 3.97 Å². The van der Waals surface area contributed by atoms with E-state index in [1.807, 2.05) is 24.3 Å². The smallest absolute Gasteiger partial charge is 0.268 e. The lowest BCUT2D eigenvalue weighted by Gasteiger charge is -2.10. The summed E-state index contributed by atoms with van der Waals surface area (Å²) in [5.41, 5.74) is 13.4. The van der Waals surface area contributed by atoms with Crippen LogP contribution >= 0.6 is 0 Å². The lowest BCUT2D eigenvalue weighted by Crippen LogP contribution is -2.23. The fourth-order valence-electron chi connectivity index (χ4n) is 3.22. The zero-order valence-electron chi connectivity index (χ0n) is 14.7. The molecule has 138 valence electrons. The van der Waals surface area contributed by atoms with Crippen molar-refractivity contribution in [2.24, 2.45) is 11.5 Å².